The summed E-state index contributed by atoms with van der Waals surface area (Å²) >= 11 is 0. The normalized spacial score (nSPS) is 26.7. The van der Waals surface area contributed by atoms with Crippen LogP contribution in [-0.2, 0) is 36.7 Å². The van der Waals surface area contributed by atoms with E-state index in [0.29, 0.717) is 6.54 Å². The van der Waals surface area contributed by atoms with Gasteiger partial charge in [0.05, 0.1) is 24.7 Å². The van der Waals surface area contributed by atoms with Gasteiger partial charge in [0.1, 0.15) is 5.60 Å². The molecule has 32 heavy (non-hydrogen) atoms. The third kappa shape index (κ3) is 3.74. The maximum atomic E-state index is 13.2. The first-order valence-corrected chi connectivity index (χ1v) is 10.8. The van der Waals surface area contributed by atoms with Crippen molar-refractivity contribution in [3.05, 3.63) is 29.3 Å². The second-order valence-electron chi connectivity index (χ2n) is 9.86. The Morgan fingerprint density at radius 3 is 2.47 bits per heavy atom. The summed E-state index contributed by atoms with van der Waals surface area (Å²) in [6.07, 6.45) is -0.355. The quantitative estimate of drug-likeness (QED) is 0.525. The fourth-order valence-corrected chi connectivity index (χ4v) is 5.16. The Bertz CT molecular complexity index is 978. The number of hydrogen-bond acceptors (Lipinski definition) is 7. The monoisotopic (exact) mass is 443 g/mol. The second kappa shape index (κ2) is 7.58. The van der Waals surface area contributed by atoms with Gasteiger partial charge in [0.15, 0.2) is 5.41 Å². The molecule has 0 bridgehead atoms. The van der Waals surface area contributed by atoms with Crippen molar-refractivity contribution >= 4 is 29.5 Å². The summed E-state index contributed by atoms with van der Waals surface area (Å²) in [5.41, 5.74) is 0.281. The molecule has 1 aromatic carbocycles. The highest BCUT2D eigenvalue weighted by Crippen LogP contribution is 2.46. The predicted molar refractivity (Wildman–Crippen MR) is 115 cm³/mol. The van der Waals surface area contributed by atoms with Gasteiger partial charge < -0.3 is 14.4 Å². The standard InChI is InChI=1S/C23H29N3O6/c1-12-11-26-16-7-6-14(9-17(27)32-22(3,4)5)8-15(16)10-23(18(26)13(2)31-12)19(28)24-21(30)25-20(23)29/h6-8,12-13,18H,9-11H2,1-5H3,(H2,24,25,28,29,30)/t12-,13+,18-/m1/s1. The van der Waals surface area contributed by atoms with E-state index in [1.54, 1.807) is 0 Å². The number of morpholine rings is 1. The molecule has 0 aliphatic carbocycles. The van der Waals surface area contributed by atoms with Gasteiger partial charge in [-0.25, -0.2) is 4.79 Å². The lowest BCUT2D eigenvalue weighted by atomic mass is 9.66. The Labute approximate surface area is 186 Å². The number of hydrogen-bond donors (Lipinski definition) is 2. The van der Waals surface area contributed by atoms with Crippen LogP contribution in [0.5, 0.6) is 0 Å². The van der Waals surface area contributed by atoms with Gasteiger partial charge in [-0.15, -0.1) is 0 Å². The van der Waals surface area contributed by atoms with Gasteiger partial charge in [-0.1, -0.05) is 12.1 Å². The number of amides is 4. The van der Waals surface area contributed by atoms with Crippen molar-refractivity contribution < 1.29 is 28.7 Å². The fraction of sp³-hybridized carbons (Fsp3) is 0.565. The highest BCUT2D eigenvalue weighted by molar-refractivity contribution is 6.20. The molecule has 2 N–H and O–H groups in total. The molecule has 0 radical (unpaired) electrons. The van der Waals surface area contributed by atoms with Crippen molar-refractivity contribution in [2.24, 2.45) is 5.41 Å². The van der Waals surface area contributed by atoms with E-state index in [2.05, 4.69) is 10.6 Å². The van der Waals surface area contributed by atoms with Crippen LogP contribution in [0.2, 0.25) is 0 Å². The van der Waals surface area contributed by atoms with E-state index < -0.39 is 41.0 Å². The minimum absolute atomic E-state index is 0.0772. The zero-order chi connectivity index (χ0) is 23.4. The van der Waals surface area contributed by atoms with E-state index >= 15 is 0 Å². The average molecular weight is 444 g/mol. The lowest BCUT2D eigenvalue weighted by molar-refractivity contribution is -0.155. The number of rotatable bonds is 2. The fourth-order valence-electron chi connectivity index (χ4n) is 5.16. The van der Waals surface area contributed by atoms with Crippen LogP contribution in [0.1, 0.15) is 45.7 Å². The SMILES string of the molecule is C[C@@H]1CN2c3ccc(CC(=O)OC(C)(C)C)cc3CC3(C(=O)NC(=O)NC3=O)[C@H]2[C@H](C)O1. The van der Waals surface area contributed by atoms with Gasteiger partial charge in [0.25, 0.3) is 0 Å². The van der Waals surface area contributed by atoms with Crippen LogP contribution in [0.3, 0.4) is 0 Å². The van der Waals surface area contributed by atoms with Crippen LogP contribution >= 0.6 is 0 Å². The summed E-state index contributed by atoms with van der Waals surface area (Å²) in [4.78, 5) is 52.4. The minimum Gasteiger partial charge on any atom is -0.460 e. The molecule has 0 unspecified atom stereocenters. The number of nitrogens with one attached hydrogen (secondary N) is 2. The number of ether oxygens (including phenoxy) is 2. The van der Waals surface area contributed by atoms with Crippen LogP contribution in [0.25, 0.3) is 0 Å². The van der Waals surface area contributed by atoms with Crippen molar-refractivity contribution in [1.82, 2.24) is 10.6 Å². The first kappa shape index (κ1) is 22.3. The molecule has 1 spiro atoms. The Kier molecular flexibility index (Phi) is 5.27. The van der Waals surface area contributed by atoms with E-state index in [-0.39, 0.29) is 24.9 Å². The summed E-state index contributed by atoms with van der Waals surface area (Å²) in [6, 6.07) is 4.24. The molecular weight excluding hydrogens is 414 g/mol. The smallest absolute Gasteiger partial charge is 0.328 e. The molecule has 9 heteroatoms. The number of imide groups is 2. The number of carbonyl (C=O) groups is 4. The zero-order valence-corrected chi connectivity index (χ0v) is 19.0. The number of esters is 1. The van der Waals surface area contributed by atoms with Crippen molar-refractivity contribution in [3.63, 3.8) is 0 Å². The van der Waals surface area contributed by atoms with E-state index in [4.69, 9.17) is 9.47 Å². The average Bonchev–Trinajstić information content (AvgIpc) is 2.63. The Hall–Kier alpha value is -2.94. The van der Waals surface area contributed by atoms with E-state index in [9.17, 15) is 19.2 Å². The summed E-state index contributed by atoms with van der Waals surface area (Å²) in [7, 11) is 0. The molecule has 3 atom stereocenters. The van der Waals surface area contributed by atoms with E-state index in [1.165, 1.54) is 0 Å². The highest BCUT2D eigenvalue weighted by atomic mass is 16.6. The van der Waals surface area contributed by atoms with Crippen LogP contribution < -0.4 is 15.5 Å². The van der Waals surface area contributed by atoms with Gasteiger partial charge in [0, 0.05) is 12.2 Å². The Balaban J connectivity index is 1.75. The van der Waals surface area contributed by atoms with Gasteiger partial charge in [-0.2, -0.15) is 0 Å². The van der Waals surface area contributed by atoms with E-state index in [1.807, 2.05) is 57.7 Å². The van der Waals surface area contributed by atoms with Crippen LogP contribution in [0, 0.1) is 5.41 Å². The van der Waals surface area contributed by atoms with Crippen LogP contribution in [-0.4, -0.2) is 54.2 Å². The first-order valence-electron chi connectivity index (χ1n) is 10.8. The Morgan fingerprint density at radius 2 is 1.84 bits per heavy atom. The summed E-state index contributed by atoms with van der Waals surface area (Å²) < 4.78 is 11.4. The highest BCUT2D eigenvalue weighted by Gasteiger charge is 2.62. The summed E-state index contributed by atoms with van der Waals surface area (Å²) in [5.74, 6) is -1.61. The minimum atomic E-state index is -1.52. The molecule has 0 saturated carbocycles. The molecule has 3 aliphatic rings. The maximum Gasteiger partial charge on any atom is 0.328 e. The number of urea groups is 1. The van der Waals surface area contributed by atoms with E-state index in [0.717, 1.165) is 16.8 Å². The number of fused-ring (bicyclic) bond motifs is 4. The third-order valence-electron chi connectivity index (χ3n) is 6.14. The number of anilines is 1. The van der Waals surface area contributed by atoms with Crippen LogP contribution in [0.4, 0.5) is 10.5 Å². The third-order valence-corrected chi connectivity index (χ3v) is 6.14. The molecule has 4 amide bonds. The lowest BCUT2D eigenvalue weighted by Crippen LogP contribution is -2.75. The first-order chi connectivity index (χ1) is 14.9. The van der Waals surface area contributed by atoms with Crippen molar-refractivity contribution in [1.29, 1.82) is 0 Å². The number of benzene rings is 1. The molecule has 2 fully saturated rings. The number of barbiturate groups is 1. The molecule has 4 rings (SSSR count). The topological polar surface area (TPSA) is 114 Å². The number of nitrogens with zero attached hydrogens (tertiary/aromatic N) is 1. The molecule has 1 aromatic rings. The molecule has 172 valence electrons. The van der Waals surface area contributed by atoms with Crippen molar-refractivity contribution in [2.45, 2.75) is 71.3 Å². The number of carbonyl (C=O) groups excluding carboxylic acids is 4. The molecule has 3 heterocycles. The van der Waals surface area contributed by atoms with Crippen molar-refractivity contribution in [2.75, 3.05) is 11.4 Å². The summed E-state index contributed by atoms with van der Waals surface area (Å²) in [5, 5.41) is 4.54. The molecule has 2 saturated heterocycles. The van der Waals surface area contributed by atoms with Crippen molar-refractivity contribution in [3.8, 4) is 0 Å². The molecule has 9 nitrogen and oxygen atoms in total. The van der Waals surface area contributed by atoms with Gasteiger partial charge >= 0.3 is 12.0 Å². The predicted octanol–water partition coefficient (Wildman–Crippen LogP) is 1.46. The molecule has 0 aromatic heterocycles. The van der Waals surface area contributed by atoms with Gasteiger partial charge in [0.2, 0.25) is 11.8 Å². The Morgan fingerprint density at radius 1 is 1.19 bits per heavy atom. The summed E-state index contributed by atoms with van der Waals surface area (Å²) in [6.45, 7) is 9.70. The van der Waals surface area contributed by atoms with Crippen LogP contribution in [0.15, 0.2) is 18.2 Å². The van der Waals surface area contributed by atoms with Gasteiger partial charge in [-0.05, 0) is 58.2 Å². The zero-order valence-electron chi connectivity index (χ0n) is 19.0. The lowest BCUT2D eigenvalue weighted by Gasteiger charge is -2.55. The second-order valence-corrected chi connectivity index (χ2v) is 9.86. The maximum absolute atomic E-state index is 13.2. The largest absolute Gasteiger partial charge is 0.460 e. The van der Waals surface area contributed by atoms with Gasteiger partial charge in [-0.3, -0.25) is 25.0 Å². The molecular formula is C23H29N3O6. The molecule has 3 aliphatic heterocycles.